The highest BCUT2D eigenvalue weighted by Crippen LogP contribution is 2.32. The molecular weight excluding hydrogens is 386 g/mol. The Labute approximate surface area is 183 Å². The van der Waals surface area contributed by atoms with Gasteiger partial charge in [0.15, 0.2) is 0 Å². The number of carbonyl (C=O) groups excluding carboxylic acids is 2. The van der Waals surface area contributed by atoms with Gasteiger partial charge in [0.25, 0.3) is 5.91 Å². The van der Waals surface area contributed by atoms with E-state index in [1.54, 1.807) is 11.0 Å². The third-order valence-corrected chi connectivity index (χ3v) is 5.73. The Hall–Kier alpha value is -3.60. The molecule has 158 valence electrons. The second-order valence-corrected chi connectivity index (χ2v) is 7.91. The van der Waals surface area contributed by atoms with Crippen molar-refractivity contribution in [3.8, 4) is 0 Å². The van der Waals surface area contributed by atoms with E-state index in [-0.39, 0.29) is 18.0 Å². The van der Waals surface area contributed by atoms with Gasteiger partial charge in [-0.2, -0.15) is 0 Å². The standard InChI is InChI=1S/C26H27N3O2/c1-19-10-8-13-22(18-19)25(30)27-23-14-6-7-15-24(23)29-17-9-16-28(26(29)31)20(2)21-11-4-3-5-12-21/h3-8,10-15,18,20H,9,16-17H2,1-2H3,(H,27,30)/t20-/m0/s1. The Bertz CT molecular complexity index is 1080. The number of aryl methyl sites for hydroxylation is 1. The fraction of sp³-hybridized carbons (Fsp3) is 0.231. The number of rotatable bonds is 5. The highest BCUT2D eigenvalue weighted by Gasteiger charge is 2.31. The number of hydrogen-bond acceptors (Lipinski definition) is 2. The summed E-state index contributed by atoms with van der Waals surface area (Å²) in [5.41, 5.74) is 4.09. The zero-order chi connectivity index (χ0) is 21.8. The smallest absolute Gasteiger partial charge is 0.320 e. The number of nitrogens with one attached hydrogen (secondary N) is 1. The summed E-state index contributed by atoms with van der Waals surface area (Å²) in [6.07, 6.45) is 0.864. The SMILES string of the molecule is Cc1cccc(C(=O)Nc2ccccc2N2CCCN([C@@H](C)c3ccccc3)C2=O)c1. The molecule has 1 aliphatic rings. The number of amides is 3. The van der Waals surface area contributed by atoms with Crippen LogP contribution in [0.4, 0.5) is 16.2 Å². The van der Waals surface area contributed by atoms with Crippen LogP contribution in [0, 0.1) is 6.92 Å². The number of benzene rings is 3. The lowest BCUT2D eigenvalue weighted by molar-refractivity contribution is 0.102. The molecule has 5 nitrogen and oxygen atoms in total. The normalized spacial score (nSPS) is 15.0. The average Bonchev–Trinajstić information content (AvgIpc) is 2.80. The molecule has 1 N–H and O–H groups in total. The Kier molecular flexibility index (Phi) is 6.03. The van der Waals surface area contributed by atoms with E-state index < -0.39 is 0 Å². The molecule has 0 aliphatic carbocycles. The number of para-hydroxylation sites is 2. The Morgan fingerprint density at radius 3 is 2.45 bits per heavy atom. The first kappa shape index (κ1) is 20.7. The molecule has 5 heteroatoms. The molecular formula is C26H27N3O2. The van der Waals surface area contributed by atoms with E-state index in [1.165, 1.54) is 0 Å². The van der Waals surface area contributed by atoms with Gasteiger partial charge in [0.05, 0.1) is 17.4 Å². The molecule has 0 saturated carbocycles. The van der Waals surface area contributed by atoms with Crippen LogP contribution in [0.3, 0.4) is 0 Å². The van der Waals surface area contributed by atoms with Crippen LogP contribution in [0.15, 0.2) is 78.9 Å². The molecule has 4 rings (SSSR count). The third kappa shape index (κ3) is 4.45. The molecule has 3 aromatic carbocycles. The van der Waals surface area contributed by atoms with Gasteiger partial charge in [-0.25, -0.2) is 4.79 Å². The van der Waals surface area contributed by atoms with Gasteiger partial charge in [0.1, 0.15) is 0 Å². The van der Waals surface area contributed by atoms with Crippen LogP contribution in [0.5, 0.6) is 0 Å². The van der Waals surface area contributed by atoms with E-state index in [0.29, 0.717) is 24.3 Å². The van der Waals surface area contributed by atoms with Crippen LogP contribution in [0.25, 0.3) is 0 Å². The molecule has 1 aliphatic heterocycles. The Balaban J connectivity index is 1.58. The van der Waals surface area contributed by atoms with Crippen LogP contribution in [-0.4, -0.2) is 29.9 Å². The second-order valence-electron chi connectivity index (χ2n) is 7.91. The minimum Gasteiger partial charge on any atom is -0.320 e. The highest BCUT2D eigenvalue weighted by molar-refractivity contribution is 6.07. The van der Waals surface area contributed by atoms with Gasteiger partial charge in [0.2, 0.25) is 0 Å². The molecule has 0 spiro atoms. The van der Waals surface area contributed by atoms with Crippen LogP contribution < -0.4 is 10.2 Å². The second kappa shape index (κ2) is 9.04. The molecule has 1 heterocycles. The van der Waals surface area contributed by atoms with Crippen LogP contribution in [0.2, 0.25) is 0 Å². The quantitative estimate of drug-likeness (QED) is 0.588. The minimum absolute atomic E-state index is 0.0226. The fourth-order valence-electron chi connectivity index (χ4n) is 4.04. The third-order valence-electron chi connectivity index (χ3n) is 5.73. The van der Waals surface area contributed by atoms with Crippen molar-refractivity contribution in [1.29, 1.82) is 0 Å². The summed E-state index contributed by atoms with van der Waals surface area (Å²) in [6.45, 7) is 5.35. The lowest BCUT2D eigenvalue weighted by Gasteiger charge is -2.39. The number of anilines is 2. The molecule has 3 amide bonds. The van der Waals surface area contributed by atoms with Gasteiger partial charge >= 0.3 is 6.03 Å². The van der Waals surface area contributed by atoms with Gasteiger partial charge in [-0.1, -0.05) is 60.2 Å². The van der Waals surface area contributed by atoms with Crippen molar-refractivity contribution >= 4 is 23.3 Å². The van der Waals surface area contributed by atoms with Gasteiger partial charge < -0.3 is 10.2 Å². The summed E-state index contributed by atoms with van der Waals surface area (Å²) in [7, 11) is 0. The molecule has 31 heavy (non-hydrogen) atoms. The summed E-state index contributed by atoms with van der Waals surface area (Å²) >= 11 is 0. The summed E-state index contributed by atoms with van der Waals surface area (Å²) in [5.74, 6) is -0.185. The lowest BCUT2D eigenvalue weighted by atomic mass is 10.1. The van der Waals surface area contributed by atoms with Gasteiger partial charge in [-0.05, 0) is 50.1 Å². The van der Waals surface area contributed by atoms with E-state index in [0.717, 1.165) is 23.2 Å². The molecule has 0 bridgehead atoms. The molecule has 3 aromatic rings. The summed E-state index contributed by atoms with van der Waals surface area (Å²) < 4.78 is 0. The van der Waals surface area contributed by atoms with Crippen molar-refractivity contribution in [3.05, 3.63) is 95.6 Å². The summed E-state index contributed by atoms with van der Waals surface area (Å²) in [5, 5.41) is 3.00. The first-order valence-corrected chi connectivity index (χ1v) is 10.6. The van der Waals surface area contributed by atoms with E-state index in [9.17, 15) is 9.59 Å². The van der Waals surface area contributed by atoms with Gasteiger partial charge in [-0.3, -0.25) is 9.69 Å². The van der Waals surface area contributed by atoms with Crippen molar-refractivity contribution in [2.24, 2.45) is 0 Å². The number of nitrogens with zero attached hydrogens (tertiary/aromatic N) is 2. The van der Waals surface area contributed by atoms with Crippen LogP contribution in [-0.2, 0) is 0 Å². The number of urea groups is 1. The fourth-order valence-corrected chi connectivity index (χ4v) is 4.04. The van der Waals surface area contributed by atoms with Crippen molar-refractivity contribution < 1.29 is 9.59 Å². The molecule has 0 radical (unpaired) electrons. The highest BCUT2D eigenvalue weighted by atomic mass is 16.2. The summed E-state index contributed by atoms with van der Waals surface area (Å²) in [4.78, 5) is 29.9. The van der Waals surface area contributed by atoms with E-state index in [1.807, 2.05) is 84.6 Å². The van der Waals surface area contributed by atoms with E-state index in [2.05, 4.69) is 12.2 Å². The number of carbonyl (C=O) groups is 2. The van der Waals surface area contributed by atoms with E-state index >= 15 is 0 Å². The summed E-state index contributed by atoms with van der Waals surface area (Å²) in [6, 6.07) is 25.0. The molecule has 0 unspecified atom stereocenters. The van der Waals surface area contributed by atoms with Crippen LogP contribution in [0.1, 0.15) is 40.9 Å². The minimum atomic E-state index is -0.185. The molecule has 1 saturated heterocycles. The average molecular weight is 414 g/mol. The van der Waals surface area contributed by atoms with Crippen molar-refractivity contribution in [2.75, 3.05) is 23.3 Å². The van der Waals surface area contributed by atoms with E-state index in [4.69, 9.17) is 0 Å². The first-order chi connectivity index (χ1) is 15.0. The first-order valence-electron chi connectivity index (χ1n) is 10.6. The van der Waals surface area contributed by atoms with Crippen molar-refractivity contribution in [3.63, 3.8) is 0 Å². The van der Waals surface area contributed by atoms with Crippen LogP contribution >= 0.6 is 0 Å². The zero-order valence-electron chi connectivity index (χ0n) is 17.9. The van der Waals surface area contributed by atoms with Gasteiger partial charge in [0, 0.05) is 18.7 Å². The predicted octanol–water partition coefficient (Wildman–Crippen LogP) is 5.64. The topological polar surface area (TPSA) is 52.7 Å². The monoisotopic (exact) mass is 413 g/mol. The maximum atomic E-state index is 13.4. The largest absolute Gasteiger partial charge is 0.325 e. The molecule has 0 aromatic heterocycles. The Morgan fingerprint density at radius 2 is 1.68 bits per heavy atom. The maximum Gasteiger partial charge on any atom is 0.325 e. The zero-order valence-corrected chi connectivity index (χ0v) is 17.9. The Morgan fingerprint density at radius 1 is 0.935 bits per heavy atom. The number of hydrogen-bond donors (Lipinski definition) is 1. The van der Waals surface area contributed by atoms with Crippen molar-refractivity contribution in [1.82, 2.24) is 4.90 Å². The maximum absolute atomic E-state index is 13.4. The van der Waals surface area contributed by atoms with Crippen molar-refractivity contribution in [2.45, 2.75) is 26.3 Å². The molecule has 1 fully saturated rings. The predicted molar refractivity (Wildman–Crippen MR) is 124 cm³/mol. The molecule has 1 atom stereocenters. The van der Waals surface area contributed by atoms with Gasteiger partial charge in [-0.15, -0.1) is 0 Å². The lowest BCUT2D eigenvalue weighted by Crippen LogP contribution is -2.50.